The average molecular weight is 303 g/mol. The van der Waals surface area contributed by atoms with Gasteiger partial charge in [0, 0.05) is 18.1 Å². The minimum absolute atomic E-state index is 0.0161. The molecule has 0 unspecified atom stereocenters. The van der Waals surface area contributed by atoms with Gasteiger partial charge in [-0.15, -0.1) is 0 Å². The molecule has 0 bridgehead atoms. The number of nitrogens with one attached hydrogen (secondary N) is 2. The highest BCUT2D eigenvalue weighted by molar-refractivity contribution is 6.30. The third-order valence-corrected chi connectivity index (χ3v) is 3.35. The highest BCUT2D eigenvalue weighted by Gasteiger charge is 2.01. The quantitative estimate of drug-likeness (QED) is 0.861. The maximum atomic E-state index is 11.7. The molecule has 0 aliphatic carbocycles. The number of halogens is 1. The molecular weight excluding hydrogens is 284 g/mol. The predicted octanol–water partition coefficient (Wildman–Crippen LogP) is 3.05. The molecule has 2 rings (SSSR count). The Hall–Kier alpha value is -1.84. The summed E-state index contributed by atoms with van der Waals surface area (Å²) in [7, 11) is 0. The van der Waals surface area contributed by atoms with E-state index < -0.39 is 0 Å². The first-order valence-corrected chi connectivity index (χ1v) is 7.29. The maximum Gasteiger partial charge on any atom is 0.234 e. The predicted molar refractivity (Wildman–Crippen MR) is 86.2 cm³/mol. The summed E-state index contributed by atoms with van der Waals surface area (Å²) in [5, 5.41) is 6.71. The molecule has 21 heavy (non-hydrogen) atoms. The summed E-state index contributed by atoms with van der Waals surface area (Å²) in [6.07, 6.45) is 0. The van der Waals surface area contributed by atoms with E-state index in [9.17, 15) is 4.79 Å². The second-order valence-electron chi connectivity index (χ2n) is 5.00. The fourth-order valence-corrected chi connectivity index (χ4v) is 2.13. The third kappa shape index (κ3) is 5.58. The highest BCUT2D eigenvalue weighted by atomic mass is 35.5. The number of hydrogen-bond donors (Lipinski definition) is 2. The molecule has 0 aliphatic rings. The molecule has 0 atom stereocenters. The van der Waals surface area contributed by atoms with E-state index >= 15 is 0 Å². The van der Waals surface area contributed by atoms with Gasteiger partial charge in [-0.1, -0.05) is 53.6 Å². The van der Waals surface area contributed by atoms with E-state index in [2.05, 4.69) is 29.7 Å². The second kappa shape index (κ2) is 7.81. The van der Waals surface area contributed by atoms with Crippen LogP contribution in [0.15, 0.2) is 48.5 Å². The Kier molecular flexibility index (Phi) is 5.78. The normalized spacial score (nSPS) is 10.4. The Labute approximate surface area is 130 Å². The van der Waals surface area contributed by atoms with Gasteiger partial charge in [0.1, 0.15) is 0 Å². The highest BCUT2D eigenvalue weighted by Crippen LogP contribution is 2.09. The Morgan fingerprint density at radius 1 is 1.05 bits per heavy atom. The summed E-state index contributed by atoms with van der Waals surface area (Å²) in [5.41, 5.74) is 3.44. The van der Waals surface area contributed by atoms with Crippen LogP contribution in [0.4, 0.5) is 0 Å². The summed E-state index contributed by atoms with van der Waals surface area (Å²) in [6, 6.07) is 15.7. The molecule has 0 saturated heterocycles. The maximum absolute atomic E-state index is 11.7. The van der Waals surface area contributed by atoms with Crippen LogP contribution in [0.3, 0.4) is 0 Å². The zero-order valence-corrected chi connectivity index (χ0v) is 12.8. The van der Waals surface area contributed by atoms with Crippen LogP contribution in [0.25, 0.3) is 0 Å². The van der Waals surface area contributed by atoms with Crippen LogP contribution < -0.4 is 10.6 Å². The molecule has 110 valence electrons. The first kappa shape index (κ1) is 15.5. The van der Waals surface area contributed by atoms with Crippen molar-refractivity contribution in [2.24, 2.45) is 0 Å². The lowest BCUT2D eigenvalue weighted by molar-refractivity contribution is -0.120. The van der Waals surface area contributed by atoms with Gasteiger partial charge < -0.3 is 10.6 Å². The van der Waals surface area contributed by atoms with Crippen molar-refractivity contribution in [1.82, 2.24) is 10.6 Å². The molecule has 0 heterocycles. The van der Waals surface area contributed by atoms with Gasteiger partial charge in [-0.2, -0.15) is 0 Å². The molecule has 0 aliphatic heterocycles. The van der Waals surface area contributed by atoms with Gasteiger partial charge in [0.15, 0.2) is 0 Å². The molecule has 2 aromatic carbocycles. The van der Waals surface area contributed by atoms with Crippen molar-refractivity contribution in [3.05, 3.63) is 70.2 Å². The Morgan fingerprint density at radius 2 is 1.81 bits per heavy atom. The van der Waals surface area contributed by atoms with Crippen molar-refractivity contribution >= 4 is 17.5 Å². The lowest BCUT2D eigenvalue weighted by atomic mass is 10.1. The first-order chi connectivity index (χ1) is 10.1. The van der Waals surface area contributed by atoms with Crippen molar-refractivity contribution in [3.8, 4) is 0 Å². The largest absolute Gasteiger partial charge is 0.351 e. The monoisotopic (exact) mass is 302 g/mol. The Morgan fingerprint density at radius 3 is 2.52 bits per heavy atom. The van der Waals surface area contributed by atoms with Crippen LogP contribution in [-0.4, -0.2) is 12.5 Å². The molecule has 0 fully saturated rings. The molecule has 2 aromatic rings. The lowest BCUT2D eigenvalue weighted by Gasteiger charge is -2.07. The van der Waals surface area contributed by atoms with Crippen molar-refractivity contribution in [1.29, 1.82) is 0 Å². The fourth-order valence-electron chi connectivity index (χ4n) is 2.01. The van der Waals surface area contributed by atoms with Crippen LogP contribution in [-0.2, 0) is 17.9 Å². The van der Waals surface area contributed by atoms with Crippen molar-refractivity contribution < 1.29 is 4.79 Å². The van der Waals surface area contributed by atoms with E-state index in [1.54, 1.807) is 0 Å². The number of benzene rings is 2. The molecule has 0 radical (unpaired) electrons. The van der Waals surface area contributed by atoms with E-state index in [4.69, 9.17) is 11.6 Å². The van der Waals surface area contributed by atoms with E-state index in [-0.39, 0.29) is 5.91 Å². The van der Waals surface area contributed by atoms with E-state index in [0.717, 1.165) is 5.56 Å². The van der Waals surface area contributed by atoms with Crippen LogP contribution in [0.5, 0.6) is 0 Å². The van der Waals surface area contributed by atoms with Gasteiger partial charge in [0.05, 0.1) is 6.54 Å². The second-order valence-corrected chi connectivity index (χ2v) is 5.43. The number of aryl methyl sites for hydroxylation is 1. The molecule has 2 N–H and O–H groups in total. The van der Waals surface area contributed by atoms with Gasteiger partial charge in [0.2, 0.25) is 5.91 Å². The van der Waals surface area contributed by atoms with Crippen LogP contribution in [0.1, 0.15) is 16.7 Å². The molecule has 0 aromatic heterocycles. The Balaban J connectivity index is 1.69. The van der Waals surface area contributed by atoms with E-state index in [1.807, 2.05) is 36.4 Å². The number of rotatable bonds is 6. The van der Waals surface area contributed by atoms with Gasteiger partial charge in [-0.25, -0.2) is 0 Å². The molecule has 4 heteroatoms. The summed E-state index contributed by atoms with van der Waals surface area (Å²) >= 11 is 5.81. The van der Waals surface area contributed by atoms with Crippen LogP contribution in [0.2, 0.25) is 5.02 Å². The average Bonchev–Trinajstić information content (AvgIpc) is 2.47. The third-order valence-electron chi connectivity index (χ3n) is 3.10. The summed E-state index contributed by atoms with van der Waals surface area (Å²) < 4.78 is 0. The topological polar surface area (TPSA) is 41.1 Å². The van der Waals surface area contributed by atoms with E-state index in [1.165, 1.54) is 11.1 Å². The Bertz CT molecular complexity index is 596. The minimum Gasteiger partial charge on any atom is -0.351 e. The minimum atomic E-state index is -0.0161. The van der Waals surface area contributed by atoms with Gasteiger partial charge >= 0.3 is 0 Å². The molecule has 1 amide bonds. The van der Waals surface area contributed by atoms with E-state index in [0.29, 0.717) is 24.7 Å². The molecule has 0 saturated carbocycles. The number of carbonyl (C=O) groups is 1. The fraction of sp³-hybridized carbons (Fsp3) is 0.235. The van der Waals surface area contributed by atoms with Crippen LogP contribution >= 0.6 is 11.6 Å². The standard InChI is InChI=1S/C17H19ClN2O/c1-13-3-2-4-15(9-13)10-19-12-17(21)20-11-14-5-7-16(18)8-6-14/h2-9,19H,10-12H2,1H3,(H,20,21). The zero-order chi connectivity index (χ0) is 15.1. The number of hydrogen-bond acceptors (Lipinski definition) is 2. The number of amides is 1. The number of carbonyl (C=O) groups excluding carboxylic acids is 1. The van der Waals surface area contributed by atoms with Gasteiger partial charge in [-0.05, 0) is 30.2 Å². The zero-order valence-electron chi connectivity index (χ0n) is 12.0. The van der Waals surface area contributed by atoms with Crippen LogP contribution in [0, 0.1) is 6.92 Å². The summed E-state index contributed by atoms with van der Waals surface area (Å²) in [5.74, 6) is -0.0161. The molecule has 0 spiro atoms. The van der Waals surface area contributed by atoms with Gasteiger partial charge in [0.25, 0.3) is 0 Å². The van der Waals surface area contributed by atoms with Crippen molar-refractivity contribution in [3.63, 3.8) is 0 Å². The summed E-state index contributed by atoms with van der Waals surface area (Å²) in [6.45, 7) is 3.57. The first-order valence-electron chi connectivity index (χ1n) is 6.91. The SMILES string of the molecule is Cc1cccc(CNCC(=O)NCc2ccc(Cl)cc2)c1. The molecule has 3 nitrogen and oxygen atoms in total. The van der Waals surface area contributed by atoms with Gasteiger partial charge in [-0.3, -0.25) is 4.79 Å². The smallest absolute Gasteiger partial charge is 0.234 e. The summed E-state index contributed by atoms with van der Waals surface area (Å²) in [4.78, 5) is 11.7. The lowest BCUT2D eigenvalue weighted by Crippen LogP contribution is -2.33. The van der Waals surface area contributed by atoms with Crippen molar-refractivity contribution in [2.45, 2.75) is 20.0 Å². The van der Waals surface area contributed by atoms with Crippen molar-refractivity contribution in [2.75, 3.05) is 6.54 Å². The molecular formula is C17H19ClN2O.